The molecule has 0 radical (unpaired) electrons. The van der Waals surface area contributed by atoms with E-state index in [0.717, 1.165) is 105 Å². The maximum absolute atomic E-state index is 13.0. The Bertz CT molecular complexity index is 5570. The van der Waals surface area contributed by atoms with Crippen LogP contribution in [-0.4, -0.2) is 183 Å². The number of sulfone groups is 3. The largest absolute Gasteiger partial charge is 0.489 e. The molecule has 2 saturated carbocycles. The molecule has 0 bridgehead atoms. The van der Waals surface area contributed by atoms with Gasteiger partial charge in [-0.05, 0) is 314 Å². The summed E-state index contributed by atoms with van der Waals surface area (Å²) < 4.78 is 96.5. The first-order chi connectivity index (χ1) is 60.3. The van der Waals surface area contributed by atoms with Crippen molar-refractivity contribution in [3.63, 3.8) is 0 Å². The maximum Gasteiger partial charge on any atom is 0.229 e. The SMILES string of the molecule is Cc1cc(Nc2ncc(Cl)c(Nc3ccccc3S(=O)(=O)C(C)C)n2)c(OC(C)C)cc1C1CCC(N2CCN(C)CC2)CC1.Cc1cc(Nc2ncc(Cl)c(Nc3ccccc3S(=O)(=O)C(C)C)n2)c(OC(C)C)cc1C1CCC(NCCN(C)C)CC1.Cc1cc(Nc2ncc(Cl)c(Nc3ccccc3S(=O)(=O)C(C)C)n2)c(OC(C)C)cc1[C@H]1CCCCN1. The van der Waals surface area contributed by atoms with Gasteiger partial charge in [0.05, 0.1) is 101 Å². The average Bonchev–Trinajstić information content (AvgIpc) is 0.809. The number of piperidine rings is 1. The summed E-state index contributed by atoms with van der Waals surface area (Å²) >= 11 is 19.4. The number of hydrogen-bond donors (Lipinski definition) is 8. The highest BCUT2D eigenvalue weighted by Crippen LogP contribution is 2.45. The maximum atomic E-state index is 13.0. The van der Waals surface area contributed by atoms with E-state index in [0.29, 0.717) is 82.3 Å². The molecule has 3 aromatic heterocycles. The number of rotatable bonds is 32. The predicted octanol–water partition coefficient (Wildman–Crippen LogP) is 21.0. The number of piperazine rings is 1. The molecular weight excluding hydrogens is 1730 g/mol. The first-order valence-corrected chi connectivity index (χ1v) is 50.3. The molecule has 8 N–H and O–H groups in total. The van der Waals surface area contributed by atoms with Crippen molar-refractivity contribution in [3.05, 3.63) is 176 Å². The molecule has 0 unspecified atom stereocenters. The van der Waals surface area contributed by atoms with E-state index in [1.807, 2.05) is 41.5 Å². The predicted molar refractivity (Wildman–Crippen MR) is 518 cm³/mol. The zero-order valence-electron chi connectivity index (χ0n) is 76.8. The molecule has 9 aromatic rings. The van der Waals surface area contributed by atoms with E-state index in [2.05, 4.69) is 165 Å². The van der Waals surface area contributed by atoms with Crippen LogP contribution in [0.4, 0.5) is 69.4 Å². The number of aromatic nitrogens is 6. The number of anilines is 12. The summed E-state index contributed by atoms with van der Waals surface area (Å²) in [6.07, 6.45) is 17.3. The fraction of sp³-hybridized carbons (Fsp3) is 0.495. The first kappa shape index (κ1) is 98.9. The molecule has 2 saturated heterocycles. The van der Waals surface area contributed by atoms with Gasteiger partial charge in [-0.2, -0.15) is 15.0 Å². The minimum absolute atomic E-state index is 0.0168. The standard InChI is InChI=1S/C34H47ClN6O3S.C33H47ClN6O3S.C28H36ClN5O3S/c1-22(2)44-31-20-27(25-11-13-26(14-12-25)41-17-15-40(6)16-18-41)24(5)19-30(31)38-34-36-21-28(35)33(39-34)37-29-9-7-8-10-32(29)45(42,43)23(3)4;1-21(2)43-30-19-26(24-12-14-25(15-13-24)35-16-17-40(6)7)23(5)18-29(30)38-33-36-20-27(34)32(39-33)37-28-10-8-9-11-31(28)44(41,42)22(3)4;1-17(2)37-25-15-20(22-10-8-9-13-30-22)19(5)14-24(25)33-28-31-16-21(29)27(34-28)32-23-11-6-7-12-26(23)38(35,36)18(3)4/h7-10,19-23,25-26H,11-18H2,1-6H3,(H2,36,37,38,39);8-11,18-22,24-25,35H,12-17H2,1-7H3,(H2,36,37,38,39);6-7,11-12,14-18,22,30H,8-10,13H2,1-5H3,(H2,31,32,33,34)/t;;22-/m..1/s1. The van der Waals surface area contributed by atoms with Crippen LogP contribution in [0.3, 0.4) is 0 Å². The fourth-order valence-corrected chi connectivity index (χ4v) is 20.4. The molecular formula is C95H130Cl3N17O9S3. The van der Waals surface area contributed by atoms with Gasteiger partial charge in [0.2, 0.25) is 17.8 Å². The van der Waals surface area contributed by atoms with Crippen molar-refractivity contribution >= 4 is 134 Å². The Morgan fingerprint density at radius 2 is 0.787 bits per heavy atom. The van der Waals surface area contributed by atoms with Gasteiger partial charge in [-0.1, -0.05) is 77.6 Å². The monoisotopic (exact) mass is 1850 g/mol. The highest BCUT2D eigenvalue weighted by atomic mass is 35.5. The van der Waals surface area contributed by atoms with Gasteiger partial charge in [0.25, 0.3) is 0 Å². The Balaban J connectivity index is 0.000000185. The van der Waals surface area contributed by atoms with Crippen molar-refractivity contribution in [2.45, 2.75) is 253 Å². The van der Waals surface area contributed by atoms with Crippen molar-refractivity contribution in [1.29, 1.82) is 0 Å². The Kier molecular flexibility index (Phi) is 34.8. The molecule has 4 fully saturated rings. The summed E-state index contributed by atoms with van der Waals surface area (Å²) in [7, 11) is -4.16. The van der Waals surface area contributed by atoms with Crippen LogP contribution < -0.4 is 56.7 Å². The van der Waals surface area contributed by atoms with Gasteiger partial charge >= 0.3 is 0 Å². The van der Waals surface area contributed by atoms with E-state index in [9.17, 15) is 25.3 Å². The van der Waals surface area contributed by atoms with Crippen LogP contribution in [0.15, 0.2) is 142 Å². The van der Waals surface area contributed by atoms with Gasteiger partial charge in [-0.25, -0.2) is 40.2 Å². The third-order valence-corrected chi connectivity index (χ3v) is 30.9. The number of nitrogens with zero attached hydrogens (tertiary/aromatic N) is 9. The quantitative estimate of drug-likeness (QED) is 0.0194. The van der Waals surface area contributed by atoms with Crippen LogP contribution in [0.2, 0.25) is 15.1 Å². The van der Waals surface area contributed by atoms with Gasteiger partial charge in [0.15, 0.2) is 47.0 Å². The summed E-state index contributed by atoms with van der Waals surface area (Å²) in [5.74, 6) is 5.03. The highest BCUT2D eigenvalue weighted by molar-refractivity contribution is 7.92. The summed E-state index contributed by atoms with van der Waals surface area (Å²) in [6, 6.07) is 34.5. The van der Waals surface area contributed by atoms with Crippen LogP contribution in [0, 0.1) is 20.8 Å². The second-order valence-electron chi connectivity index (χ2n) is 35.5. The average molecular weight is 1860 g/mol. The molecule has 2 aliphatic carbocycles. The normalized spacial score (nSPS) is 17.9. The summed E-state index contributed by atoms with van der Waals surface area (Å²) in [5, 5.41) is 25.7. The van der Waals surface area contributed by atoms with Crippen molar-refractivity contribution < 1.29 is 39.5 Å². The van der Waals surface area contributed by atoms with Gasteiger partial charge in [-0.15, -0.1) is 0 Å². The molecule has 688 valence electrons. The van der Waals surface area contributed by atoms with Crippen LogP contribution in [0.1, 0.15) is 205 Å². The van der Waals surface area contributed by atoms with E-state index >= 15 is 0 Å². The number of para-hydroxylation sites is 3. The first-order valence-electron chi connectivity index (χ1n) is 44.5. The molecule has 6 aromatic carbocycles. The van der Waals surface area contributed by atoms with Crippen molar-refractivity contribution in [2.75, 3.05) is 98.9 Å². The second-order valence-corrected chi connectivity index (χ2v) is 44.1. The zero-order valence-corrected chi connectivity index (χ0v) is 81.5. The molecule has 26 nitrogen and oxygen atoms in total. The van der Waals surface area contributed by atoms with E-state index < -0.39 is 45.3 Å². The zero-order chi connectivity index (χ0) is 91.8. The Morgan fingerprint density at radius 1 is 0.441 bits per heavy atom. The molecule has 2 aliphatic heterocycles. The van der Waals surface area contributed by atoms with Gasteiger partial charge < -0.3 is 66.5 Å². The topological polar surface area (TPSA) is 313 Å². The lowest BCUT2D eigenvalue weighted by Gasteiger charge is -2.41. The lowest BCUT2D eigenvalue weighted by molar-refractivity contribution is 0.0878. The number of likely N-dealkylation sites (N-methyl/N-ethyl adjacent to an activating group) is 2. The minimum Gasteiger partial charge on any atom is -0.489 e. The van der Waals surface area contributed by atoms with E-state index in [1.165, 1.54) is 98.0 Å². The highest BCUT2D eigenvalue weighted by Gasteiger charge is 2.33. The molecule has 0 spiro atoms. The van der Waals surface area contributed by atoms with Crippen LogP contribution >= 0.6 is 34.8 Å². The molecule has 1 atom stereocenters. The summed E-state index contributed by atoms with van der Waals surface area (Å²) in [5.41, 5.74) is 10.9. The molecule has 4 aliphatic rings. The number of benzene rings is 6. The van der Waals surface area contributed by atoms with Gasteiger partial charge in [0, 0.05) is 57.4 Å². The number of nitrogens with one attached hydrogen (secondary N) is 8. The summed E-state index contributed by atoms with van der Waals surface area (Å²) in [6.45, 7) is 36.1. The van der Waals surface area contributed by atoms with Crippen molar-refractivity contribution in [3.8, 4) is 17.2 Å². The van der Waals surface area contributed by atoms with Crippen LogP contribution in [0.5, 0.6) is 17.2 Å². The smallest absolute Gasteiger partial charge is 0.229 e. The van der Waals surface area contributed by atoms with Gasteiger partial charge in [0.1, 0.15) is 32.3 Å². The number of hydrogen-bond acceptors (Lipinski definition) is 26. The Hall–Kier alpha value is -8.72. The van der Waals surface area contributed by atoms with E-state index in [1.54, 1.807) is 114 Å². The van der Waals surface area contributed by atoms with E-state index in [-0.39, 0.29) is 48.1 Å². The molecule has 5 heterocycles. The van der Waals surface area contributed by atoms with Gasteiger partial charge in [-0.3, -0.25) is 4.90 Å². The summed E-state index contributed by atoms with van der Waals surface area (Å²) in [4.78, 5) is 34.9. The van der Waals surface area contributed by atoms with E-state index in [4.69, 9.17) is 49.0 Å². The third-order valence-electron chi connectivity index (χ3n) is 23.4. The van der Waals surface area contributed by atoms with Crippen molar-refractivity contribution in [2.24, 2.45) is 0 Å². The molecule has 13 rings (SSSR count). The molecule has 127 heavy (non-hydrogen) atoms. The second kappa shape index (κ2) is 44.7. The number of aryl methyl sites for hydroxylation is 3. The number of halogens is 3. The molecule has 32 heteroatoms. The third kappa shape index (κ3) is 26.3. The Labute approximate surface area is 768 Å². The Morgan fingerprint density at radius 3 is 1.13 bits per heavy atom. The molecule has 0 amide bonds. The minimum atomic E-state index is -3.53. The van der Waals surface area contributed by atoms with Crippen LogP contribution in [0.25, 0.3) is 0 Å². The lowest BCUT2D eigenvalue weighted by Crippen LogP contribution is -2.49. The number of ether oxygens (including phenoxy) is 3. The van der Waals surface area contributed by atoms with Crippen LogP contribution in [-0.2, 0) is 29.5 Å². The lowest BCUT2D eigenvalue weighted by atomic mass is 9.79. The van der Waals surface area contributed by atoms with Crippen molar-refractivity contribution in [1.82, 2.24) is 55.2 Å². The fourth-order valence-electron chi connectivity index (χ4n) is 16.4.